The molecule has 2 heterocycles. The maximum atomic E-state index is 11.3. The van der Waals surface area contributed by atoms with E-state index in [9.17, 15) is 4.79 Å². The molecule has 1 aliphatic rings. The van der Waals surface area contributed by atoms with Gasteiger partial charge in [0.05, 0.1) is 5.25 Å². The van der Waals surface area contributed by atoms with Gasteiger partial charge in [-0.3, -0.25) is 4.79 Å². The molecule has 14 heavy (non-hydrogen) atoms. The van der Waals surface area contributed by atoms with Crippen LogP contribution in [0.3, 0.4) is 0 Å². The lowest BCUT2D eigenvalue weighted by Crippen LogP contribution is -2.25. The van der Waals surface area contributed by atoms with Crippen LogP contribution in [-0.2, 0) is 11.2 Å². The van der Waals surface area contributed by atoms with E-state index in [1.807, 2.05) is 12.1 Å². The number of nitrogens with one attached hydrogen (secondary N) is 1. The molecule has 1 N–H and O–H groups in total. The summed E-state index contributed by atoms with van der Waals surface area (Å²) in [5, 5.41) is 2.44. The Bertz CT molecular complexity index is 390. The van der Waals surface area contributed by atoms with Crippen molar-refractivity contribution >= 4 is 50.1 Å². The van der Waals surface area contributed by atoms with Gasteiger partial charge in [0, 0.05) is 6.42 Å². The second-order valence-corrected chi connectivity index (χ2v) is 5.45. The Morgan fingerprint density at radius 1 is 1.64 bits per heavy atom. The van der Waals surface area contributed by atoms with Gasteiger partial charge in [-0.15, -0.1) is 0 Å². The molecule has 1 aromatic heterocycles. The van der Waals surface area contributed by atoms with E-state index in [1.165, 1.54) is 11.8 Å². The first-order valence-corrected chi connectivity index (χ1v) is 5.99. The highest BCUT2D eigenvalue weighted by molar-refractivity contribution is 9.10. The fourth-order valence-corrected chi connectivity index (χ4v) is 2.79. The highest BCUT2D eigenvalue weighted by Crippen LogP contribution is 2.24. The van der Waals surface area contributed by atoms with Gasteiger partial charge < -0.3 is 9.73 Å². The van der Waals surface area contributed by atoms with Gasteiger partial charge in [0.1, 0.15) is 10.1 Å². The van der Waals surface area contributed by atoms with Crippen LogP contribution in [0.4, 0.5) is 0 Å². The van der Waals surface area contributed by atoms with Gasteiger partial charge in [0.25, 0.3) is 0 Å². The number of hydrogen-bond donors (Lipinski definition) is 1. The fourth-order valence-electron chi connectivity index (χ4n) is 1.17. The van der Waals surface area contributed by atoms with Crippen LogP contribution < -0.4 is 5.32 Å². The Kier molecular flexibility index (Phi) is 2.94. The van der Waals surface area contributed by atoms with E-state index in [4.69, 9.17) is 16.6 Å². The third-order valence-electron chi connectivity index (χ3n) is 1.78. The van der Waals surface area contributed by atoms with Crippen molar-refractivity contribution in [3.05, 3.63) is 22.6 Å². The largest absolute Gasteiger partial charge is 0.454 e. The van der Waals surface area contributed by atoms with Gasteiger partial charge in [-0.25, -0.2) is 0 Å². The minimum absolute atomic E-state index is 0.0347. The van der Waals surface area contributed by atoms with Gasteiger partial charge in [0.2, 0.25) is 5.91 Å². The Morgan fingerprint density at radius 3 is 2.93 bits per heavy atom. The lowest BCUT2D eigenvalue weighted by atomic mass is 10.2. The predicted octanol–water partition coefficient (Wildman–Crippen LogP) is 2.10. The minimum atomic E-state index is -0.152. The first kappa shape index (κ1) is 10.2. The quantitative estimate of drug-likeness (QED) is 0.848. The number of thioether (sulfide) groups is 1. The zero-order valence-corrected chi connectivity index (χ0v) is 10.2. The molecule has 3 nitrogen and oxygen atoms in total. The second-order valence-electron chi connectivity index (χ2n) is 2.79. The fraction of sp³-hybridized carbons (Fsp3) is 0.250. The van der Waals surface area contributed by atoms with Crippen LogP contribution in [0.25, 0.3) is 0 Å². The van der Waals surface area contributed by atoms with Crippen molar-refractivity contribution in [3.8, 4) is 0 Å². The zero-order chi connectivity index (χ0) is 10.1. The average molecular weight is 292 g/mol. The van der Waals surface area contributed by atoms with E-state index in [2.05, 4.69) is 21.2 Å². The maximum absolute atomic E-state index is 11.3. The van der Waals surface area contributed by atoms with Gasteiger partial charge in [-0.05, 0) is 28.1 Å². The molecule has 1 saturated heterocycles. The van der Waals surface area contributed by atoms with E-state index in [-0.39, 0.29) is 11.2 Å². The van der Waals surface area contributed by atoms with E-state index < -0.39 is 0 Å². The summed E-state index contributed by atoms with van der Waals surface area (Å²) in [6.45, 7) is 0. The van der Waals surface area contributed by atoms with Crippen LogP contribution in [0.1, 0.15) is 5.76 Å². The summed E-state index contributed by atoms with van der Waals surface area (Å²) in [5.74, 6) is 0.752. The molecule has 1 amide bonds. The van der Waals surface area contributed by atoms with Crippen molar-refractivity contribution in [2.75, 3.05) is 0 Å². The normalized spacial score (nSPS) is 21.4. The molecule has 0 bridgehead atoms. The summed E-state index contributed by atoms with van der Waals surface area (Å²) < 4.78 is 6.54. The number of furan rings is 1. The molecule has 0 saturated carbocycles. The Balaban J connectivity index is 2.05. The number of carbonyl (C=O) groups excluding carboxylic acids is 1. The Hall–Kier alpha value is -0.330. The molecule has 0 aromatic carbocycles. The van der Waals surface area contributed by atoms with E-state index in [0.717, 1.165) is 5.76 Å². The van der Waals surface area contributed by atoms with Crippen molar-refractivity contribution in [2.45, 2.75) is 11.7 Å². The number of thiocarbonyl (C=S) groups is 1. The maximum Gasteiger partial charge on any atom is 0.239 e. The lowest BCUT2D eigenvalue weighted by Gasteiger charge is -2.00. The second kappa shape index (κ2) is 4.04. The highest BCUT2D eigenvalue weighted by Gasteiger charge is 2.29. The van der Waals surface area contributed by atoms with Crippen LogP contribution in [-0.4, -0.2) is 15.5 Å². The van der Waals surface area contributed by atoms with Gasteiger partial charge in [-0.2, -0.15) is 0 Å². The van der Waals surface area contributed by atoms with Crippen LogP contribution in [0.15, 0.2) is 21.2 Å². The number of rotatable bonds is 2. The molecular formula is C8H6BrNO2S2. The number of carbonyl (C=O) groups is 1. The van der Waals surface area contributed by atoms with Gasteiger partial charge in [0.15, 0.2) is 4.67 Å². The summed E-state index contributed by atoms with van der Waals surface area (Å²) in [6.07, 6.45) is 0.572. The minimum Gasteiger partial charge on any atom is -0.454 e. The van der Waals surface area contributed by atoms with E-state index in [1.54, 1.807) is 0 Å². The highest BCUT2D eigenvalue weighted by atomic mass is 79.9. The lowest BCUT2D eigenvalue weighted by molar-refractivity contribution is -0.118. The summed E-state index contributed by atoms with van der Waals surface area (Å²) in [5.41, 5.74) is 0. The van der Waals surface area contributed by atoms with Crippen LogP contribution in [0, 0.1) is 0 Å². The van der Waals surface area contributed by atoms with Crippen molar-refractivity contribution in [1.82, 2.24) is 5.32 Å². The van der Waals surface area contributed by atoms with Crippen LogP contribution in [0.2, 0.25) is 0 Å². The molecule has 0 aliphatic carbocycles. The first-order valence-electron chi connectivity index (χ1n) is 3.91. The van der Waals surface area contributed by atoms with Crippen LogP contribution in [0.5, 0.6) is 0 Å². The molecule has 2 rings (SSSR count). The number of amides is 1. The third-order valence-corrected chi connectivity index (χ3v) is 3.58. The molecule has 1 aliphatic heterocycles. The third kappa shape index (κ3) is 2.18. The molecule has 1 atom stereocenters. The molecular weight excluding hydrogens is 286 g/mol. The van der Waals surface area contributed by atoms with Crippen LogP contribution >= 0.6 is 39.9 Å². The Labute approximate surface area is 98.7 Å². The number of halogens is 1. The summed E-state index contributed by atoms with van der Waals surface area (Å²) >= 11 is 9.47. The topological polar surface area (TPSA) is 42.2 Å². The molecule has 6 heteroatoms. The number of hydrogen-bond acceptors (Lipinski definition) is 4. The zero-order valence-electron chi connectivity index (χ0n) is 6.95. The monoisotopic (exact) mass is 291 g/mol. The molecule has 1 aromatic rings. The average Bonchev–Trinajstić information content (AvgIpc) is 2.61. The molecule has 0 radical (unpaired) electrons. The molecule has 1 fully saturated rings. The van der Waals surface area contributed by atoms with Crippen molar-refractivity contribution < 1.29 is 9.21 Å². The summed E-state index contributed by atoms with van der Waals surface area (Å²) in [6, 6.07) is 3.66. The smallest absolute Gasteiger partial charge is 0.239 e. The SMILES string of the molecule is O=C1NC(=S)SC1Cc1ccc(Br)o1. The Morgan fingerprint density at radius 2 is 2.43 bits per heavy atom. The first-order chi connectivity index (χ1) is 6.65. The standard InChI is InChI=1S/C8H6BrNO2S2/c9-6-2-1-4(12-6)3-5-7(11)10-8(13)14-5/h1-2,5H,3H2,(H,10,11,13). The van der Waals surface area contributed by atoms with E-state index >= 15 is 0 Å². The molecule has 74 valence electrons. The molecule has 0 spiro atoms. The van der Waals surface area contributed by atoms with Crippen molar-refractivity contribution in [1.29, 1.82) is 0 Å². The molecule has 1 unspecified atom stereocenters. The van der Waals surface area contributed by atoms with Gasteiger partial charge >= 0.3 is 0 Å². The predicted molar refractivity (Wildman–Crippen MR) is 62.2 cm³/mol. The summed E-state index contributed by atoms with van der Waals surface area (Å²) in [4.78, 5) is 11.3. The summed E-state index contributed by atoms with van der Waals surface area (Å²) in [7, 11) is 0. The van der Waals surface area contributed by atoms with Crippen molar-refractivity contribution in [2.24, 2.45) is 0 Å². The van der Waals surface area contributed by atoms with E-state index in [0.29, 0.717) is 15.4 Å². The van der Waals surface area contributed by atoms with Crippen molar-refractivity contribution in [3.63, 3.8) is 0 Å². The van der Waals surface area contributed by atoms with Gasteiger partial charge in [-0.1, -0.05) is 24.0 Å².